The van der Waals surface area contributed by atoms with Crippen LogP contribution in [-0.2, 0) is 0 Å². The lowest BCUT2D eigenvalue weighted by molar-refractivity contribution is 0.0981. The van der Waals surface area contributed by atoms with Crippen LogP contribution in [0.15, 0.2) is 24.3 Å². The summed E-state index contributed by atoms with van der Waals surface area (Å²) in [6.45, 7) is 0. The van der Waals surface area contributed by atoms with Gasteiger partial charge in [0.05, 0.1) is 4.58 Å². The third kappa shape index (κ3) is 2.86. The first kappa shape index (κ1) is 11.7. The van der Waals surface area contributed by atoms with Crippen LogP contribution in [0.5, 0.6) is 0 Å². The molecule has 0 radical (unpaired) electrons. The van der Waals surface area contributed by atoms with Gasteiger partial charge in [-0.25, -0.2) is 4.39 Å². The molecule has 1 aromatic rings. The van der Waals surface area contributed by atoms with Crippen molar-refractivity contribution in [3.63, 3.8) is 0 Å². The van der Waals surface area contributed by atoms with Crippen molar-refractivity contribution in [1.82, 2.24) is 0 Å². The van der Waals surface area contributed by atoms with E-state index in [0.29, 0.717) is 18.4 Å². The molecule has 1 aliphatic heterocycles. The lowest BCUT2D eigenvalue weighted by Crippen LogP contribution is -2.13. The summed E-state index contributed by atoms with van der Waals surface area (Å²) < 4.78 is 13.0. The molecule has 0 atom stereocenters. The van der Waals surface area contributed by atoms with Gasteiger partial charge in [-0.15, -0.1) is 0 Å². The number of halogens is 1. The molecule has 2 rings (SSSR count). The average molecular weight is 256 g/mol. The predicted octanol–water partition coefficient (Wildman–Crippen LogP) is 3.71. The summed E-state index contributed by atoms with van der Waals surface area (Å²) in [7, 11) is 0. The molecule has 84 valence electrons. The van der Waals surface area contributed by atoms with E-state index < -0.39 is 0 Å². The fourth-order valence-electron chi connectivity index (χ4n) is 1.37. The second kappa shape index (κ2) is 5.01. The molecule has 0 N–H and O–H groups in total. The predicted molar refractivity (Wildman–Crippen MR) is 64.3 cm³/mol. The molecule has 0 amide bonds. The van der Waals surface area contributed by atoms with Gasteiger partial charge < -0.3 is 0 Å². The normalized spacial score (nSPS) is 15.9. The van der Waals surface area contributed by atoms with E-state index >= 15 is 0 Å². The molecule has 16 heavy (non-hydrogen) atoms. The van der Waals surface area contributed by atoms with E-state index in [9.17, 15) is 14.0 Å². The number of hydrogen-bond acceptors (Lipinski definition) is 4. The van der Waals surface area contributed by atoms with Crippen LogP contribution in [0.1, 0.15) is 23.2 Å². The van der Waals surface area contributed by atoms with Crippen molar-refractivity contribution in [1.29, 1.82) is 0 Å². The molecule has 1 fully saturated rings. The molecule has 0 unspecified atom stereocenters. The third-order valence-corrected chi connectivity index (χ3v) is 4.77. The van der Waals surface area contributed by atoms with Crippen molar-refractivity contribution < 1.29 is 14.0 Å². The Morgan fingerprint density at radius 3 is 2.44 bits per heavy atom. The Bertz CT molecular complexity index is 408. The molecule has 0 bridgehead atoms. The van der Waals surface area contributed by atoms with E-state index in [1.165, 1.54) is 47.8 Å². The maximum Gasteiger partial charge on any atom is 0.248 e. The maximum absolute atomic E-state index is 12.6. The topological polar surface area (TPSA) is 34.1 Å². The molecule has 1 heterocycles. The first-order valence-corrected chi connectivity index (χ1v) is 6.57. The first-order chi connectivity index (χ1) is 7.65. The lowest BCUT2D eigenvalue weighted by Gasteiger charge is -2.21. The Morgan fingerprint density at radius 2 is 1.88 bits per heavy atom. The number of carbonyl (C=O) groups is 2. The second-order valence-corrected chi connectivity index (χ2v) is 6.29. The van der Waals surface area contributed by atoms with E-state index in [4.69, 9.17) is 0 Å². The smallest absolute Gasteiger partial charge is 0.248 e. The zero-order valence-corrected chi connectivity index (χ0v) is 9.94. The minimum atomic E-state index is -0.341. The van der Waals surface area contributed by atoms with E-state index in [2.05, 4.69) is 0 Å². The number of ketones is 1. The maximum atomic E-state index is 12.6. The van der Waals surface area contributed by atoms with Crippen molar-refractivity contribution >= 4 is 33.8 Å². The summed E-state index contributed by atoms with van der Waals surface area (Å²) in [4.78, 5) is 22.3. The van der Waals surface area contributed by atoms with Gasteiger partial charge in [-0.05, 0) is 30.7 Å². The van der Waals surface area contributed by atoms with Crippen LogP contribution in [0.4, 0.5) is 9.18 Å². The van der Waals surface area contributed by atoms with Gasteiger partial charge in [0.15, 0.2) is 5.78 Å². The van der Waals surface area contributed by atoms with Crippen LogP contribution in [0, 0.1) is 5.82 Å². The summed E-state index contributed by atoms with van der Waals surface area (Å²) in [6.07, 6.45) is 1.10. The van der Waals surface area contributed by atoms with Gasteiger partial charge in [0.2, 0.25) is 4.45 Å². The molecule has 2 nitrogen and oxygen atoms in total. The molecule has 1 aromatic carbocycles. The molecule has 0 saturated carbocycles. The largest absolute Gasteiger partial charge is 0.294 e. The Kier molecular flexibility index (Phi) is 3.66. The van der Waals surface area contributed by atoms with Crippen LogP contribution in [0.25, 0.3) is 0 Å². The summed E-state index contributed by atoms with van der Waals surface area (Å²) in [5, 5.41) is 0. The van der Waals surface area contributed by atoms with Crippen molar-refractivity contribution in [2.24, 2.45) is 0 Å². The molecule has 1 aliphatic rings. The number of benzene rings is 1. The molecular weight excluding hydrogens is 247 g/mol. The average Bonchev–Trinajstić information content (AvgIpc) is 2.23. The van der Waals surface area contributed by atoms with Crippen LogP contribution in [0.3, 0.4) is 0 Å². The fourth-order valence-corrected chi connectivity index (χ4v) is 3.22. The molecular formula is C11H9FO2S2. The summed E-state index contributed by atoms with van der Waals surface area (Å²) >= 11 is 2.56. The van der Waals surface area contributed by atoms with E-state index in [0.717, 1.165) is 0 Å². The van der Waals surface area contributed by atoms with E-state index in [-0.39, 0.29) is 20.6 Å². The molecule has 0 aromatic heterocycles. The van der Waals surface area contributed by atoms with Crippen LogP contribution in [0.2, 0.25) is 0 Å². The Hall–Kier alpha value is -0.810. The number of Topliss-reactive ketones (excluding diaryl/α,β-unsaturated/α-hetero) is 1. The molecule has 0 aliphatic carbocycles. The zero-order chi connectivity index (χ0) is 11.5. The highest BCUT2D eigenvalue weighted by Gasteiger charge is 2.28. The summed E-state index contributed by atoms with van der Waals surface area (Å²) in [6, 6.07) is 5.54. The van der Waals surface area contributed by atoms with E-state index in [1.54, 1.807) is 0 Å². The highest BCUT2D eigenvalue weighted by atomic mass is 32.3. The number of thioether (sulfide) groups is 2. The first-order valence-electron chi connectivity index (χ1n) is 4.81. The van der Waals surface area contributed by atoms with Crippen molar-refractivity contribution in [3.8, 4) is 0 Å². The third-order valence-electron chi connectivity index (χ3n) is 2.23. The Labute approximate surface area is 101 Å². The lowest BCUT2D eigenvalue weighted by atomic mass is 10.1. The van der Waals surface area contributed by atoms with Gasteiger partial charge in [-0.1, -0.05) is 23.5 Å². The van der Waals surface area contributed by atoms with Gasteiger partial charge in [0, 0.05) is 12.0 Å². The molecule has 5 heteroatoms. The van der Waals surface area contributed by atoms with Gasteiger partial charge in [-0.2, -0.15) is 0 Å². The summed E-state index contributed by atoms with van der Waals surface area (Å²) in [5.41, 5.74) is 0.530. The second-order valence-electron chi connectivity index (χ2n) is 3.38. The Balaban J connectivity index is 1.83. The number of rotatable bonds is 4. The van der Waals surface area contributed by atoms with E-state index in [1.807, 2.05) is 0 Å². The number of carbonyl (C=O) groups excluding carboxylic acids is 2. The highest BCUT2D eigenvalue weighted by Crippen LogP contribution is 2.44. The monoisotopic (exact) mass is 256 g/mol. The molecule has 0 spiro atoms. The fraction of sp³-hybridized carbons (Fsp3) is 0.273. The highest BCUT2D eigenvalue weighted by molar-refractivity contribution is 8.53. The quantitative estimate of drug-likeness (QED) is 0.769. The Morgan fingerprint density at radius 1 is 1.25 bits per heavy atom. The summed E-state index contributed by atoms with van der Waals surface area (Å²) in [5.74, 6) is -0.340. The van der Waals surface area contributed by atoms with Crippen molar-refractivity contribution in [2.45, 2.75) is 17.4 Å². The number of hydrogen-bond donors (Lipinski definition) is 0. The van der Waals surface area contributed by atoms with Gasteiger partial charge in [0.1, 0.15) is 5.82 Å². The van der Waals surface area contributed by atoms with Crippen molar-refractivity contribution in [2.75, 3.05) is 0 Å². The van der Waals surface area contributed by atoms with Gasteiger partial charge in [-0.3, -0.25) is 9.59 Å². The van der Waals surface area contributed by atoms with Crippen molar-refractivity contribution in [3.05, 3.63) is 35.6 Å². The van der Waals surface area contributed by atoms with Gasteiger partial charge >= 0.3 is 0 Å². The van der Waals surface area contributed by atoms with Crippen LogP contribution >= 0.6 is 23.5 Å². The SMILES string of the molecule is O=C1SC(CCC(=O)c2ccc(F)cc2)S1. The zero-order valence-electron chi connectivity index (χ0n) is 8.31. The van der Waals surface area contributed by atoms with Crippen LogP contribution in [-0.4, -0.2) is 14.8 Å². The minimum Gasteiger partial charge on any atom is -0.294 e. The standard InChI is InChI=1S/C11H9FO2S2/c12-8-3-1-7(2-4-8)9(13)5-6-10-15-11(14)16-10/h1-4,10H,5-6H2. The minimum absolute atomic E-state index is 0.000508. The van der Waals surface area contributed by atoms with Gasteiger partial charge in [0.25, 0.3) is 0 Å². The molecule has 1 saturated heterocycles. The van der Waals surface area contributed by atoms with Crippen LogP contribution < -0.4 is 0 Å².